The van der Waals surface area contributed by atoms with Gasteiger partial charge in [-0.3, -0.25) is 4.79 Å². The predicted octanol–water partition coefficient (Wildman–Crippen LogP) is 0.936. The molecule has 1 unspecified atom stereocenters. The van der Waals surface area contributed by atoms with Crippen molar-refractivity contribution < 1.29 is 9.90 Å². The van der Waals surface area contributed by atoms with Gasteiger partial charge in [-0.25, -0.2) is 4.98 Å². The van der Waals surface area contributed by atoms with E-state index < -0.39 is 5.97 Å². The van der Waals surface area contributed by atoms with Gasteiger partial charge < -0.3 is 14.6 Å². The molecule has 0 radical (unpaired) electrons. The topological polar surface area (TPSA) is 58.4 Å². The van der Waals surface area contributed by atoms with Crippen molar-refractivity contribution in [2.75, 3.05) is 25.9 Å². The smallest absolute Gasteiger partial charge is 0.313 e. The number of rotatable bonds is 4. The third kappa shape index (κ3) is 2.56. The van der Waals surface area contributed by atoms with E-state index in [9.17, 15) is 4.79 Å². The maximum absolute atomic E-state index is 10.5. The summed E-state index contributed by atoms with van der Waals surface area (Å²) < 4.78 is 2.09. The molecule has 5 nitrogen and oxygen atoms in total. The van der Waals surface area contributed by atoms with Crippen molar-refractivity contribution in [2.24, 2.45) is 0 Å². The lowest BCUT2D eigenvalue weighted by Crippen LogP contribution is -2.16. The molecule has 0 bridgehead atoms. The molecule has 6 heteroatoms. The van der Waals surface area contributed by atoms with Crippen molar-refractivity contribution in [1.29, 1.82) is 0 Å². The van der Waals surface area contributed by atoms with E-state index in [0.717, 1.165) is 24.7 Å². The summed E-state index contributed by atoms with van der Waals surface area (Å²) in [6, 6.07) is 0.434. The Balaban J connectivity index is 2.04. The molecule has 1 aromatic rings. The SMILES string of the molecule is CN1CCC(n2ccnc2SCC(=O)O)C1. The molecule has 1 saturated heterocycles. The van der Waals surface area contributed by atoms with Gasteiger partial charge in [0.15, 0.2) is 5.16 Å². The van der Waals surface area contributed by atoms with E-state index in [1.54, 1.807) is 6.20 Å². The van der Waals surface area contributed by atoms with Crippen LogP contribution in [0.2, 0.25) is 0 Å². The Morgan fingerprint density at radius 3 is 3.19 bits per heavy atom. The number of carbonyl (C=O) groups is 1. The summed E-state index contributed by atoms with van der Waals surface area (Å²) in [6.07, 6.45) is 4.78. The number of likely N-dealkylation sites (tertiary alicyclic amines) is 1. The van der Waals surface area contributed by atoms with Crippen LogP contribution in [0, 0.1) is 0 Å². The highest BCUT2D eigenvalue weighted by molar-refractivity contribution is 7.99. The van der Waals surface area contributed by atoms with E-state index in [2.05, 4.69) is 21.5 Å². The minimum atomic E-state index is -0.803. The third-order valence-corrected chi connectivity index (χ3v) is 3.68. The van der Waals surface area contributed by atoms with Crippen molar-refractivity contribution in [3.8, 4) is 0 Å². The lowest BCUT2D eigenvalue weighted by atomic mass is 10.3. The Hall–Kier alpha value is -1.01. The van der Waals surface area contributed by atoms with Crippen molar-refractivity contribution in [2.45, 2.75) is 17.6 Å². The Labute approximate surface area is 98.5 Å². The van der Waals surface area contributed by atoms with Gasteiger partial charge in [0.1, 0.15) is 0 Å². The van der Waals surface area contributed by atoms with E-state index >= 15 is 0 Å². The number of hydrogen-bond acceptors (Lipinski definition) is 4. The molecule has 88 valence electrons. The number of nitrogens with zero attached hydrogens (tertiary/aromatic N) is 3. The summed E-state index contributed by atoms with van der Waals surface area (Å²) in [5.41, 5.74) is 0. The van der Waals surface area contributed by atoms with Gasteiger partial charge in [-0.1, -0.05) is 11.8 Å². The van der Waals surface area contributed by atoms with E-state index in [4.69, 9.17) is 5.11 Å². The summed E-state index contributed by atoms with van der Waals surface area (Å²) in [5.74, 6) is -0.734. The minimum Gasteiger partial charge on any atom is -0.481 e. The summed E-state index contributed by atoms with van der Waals surface area (Å²) in [4.78, 5) is 17.0. The van der Waals surface area contributed by atoms with Crippen LogP contribution in [0.5, 0.6) is 0 Å². The van der Waals surface area contributed by atoms with Gasteiger partial charge in [0, 0.05) is 25.0 Å². The zero-order valence-corrected chi connectivity index (χ0v) is 9.98. The fourth-order valence-electron chi connectivity index (χ4n) is 1.95. The van der Waals surface area contributed by atoms with Gasteiger partial charge in [-0.2, -0.15) is 0 Å². The Morgan fingerprint density at radius 2 is 2.56 bits per heavy atom. The maximum atomic E-state index is 10.5. The van der Waals surface area contributed by atoms with Crippen LogP contribution in [0.1, 0.15) is 12.5 Å². The van der Waals surface area contributed by atoms with Gasteiger partial charge in [0.2, 0.25) is 0 Å². The molecule has 0 spiro atoms. The first-order chi connectivity index (χ1) is 7.66. The average molecular weight is 241 g/mol. The summed E-state index contributed by atoms with van der Waals surface area (Å²) in [6.45, 7) is 2.10. The molecule has 0 aliphatic carbocycles. The molecule has 1 atom stereocenters. The monoisotopic (exact) mass is 241 g/mol. The van der Waals surface area contributed by atoms with Crippen LogP contribution in [0.4, 0.5) is 0 Å². The second-order valence-corrected chi connectivity index (χ2v) is 4.95. The fourth-order valence-corrected chi connectivity index (χ4v) is 2.70. The standard InChI is InChI=1S/C10H15N3O2S/c1-12-4-2-8(6-12)13-5-3-11-10(13)16-7-9(14)15/h3,5,8H,2,4,6-7H2,1H3,(H,14,15). The second-order valence-electron chi connectivity index (χ2n) is 4.00. The molecule has 1 N–H and O–H groups in total. The Kier molecular flexibility index (Phi) is 3.50. The van der Waals surface area contributed by atoms with E-state index in [1.165, 1.54) is 11.8 Å². The summed E-state index contributed by atoms with van der Waals surface area (Å²) in [5, 5.41) is 9.45. The van der Waals surface area contributed by atoms with Crippen LogP contribution in [0.25, 0.3) is 0 Å². The van der Waals surface area contributed by atoms with Crippen molar-refractivity contribution >= 4 is 17.7 Å². The molecule has 2 heterocycles. The fraction of sp³-hybridized carbons (Fsp3) is 0.600. The molecule has 1 aliphatic heterocycles. The molecule has 0 aromatic carbocycles. The van der Waals surface area contributed by atoms with Crippen LogP contribution in [0.3, 0.4) is 0 Å². The highest BCUT2D eigenvalue weighted by atomic mass is 32.2. The van der Waals surface area contributed by atoms with Crippen LogP contribution in [0.15, 0.2) is 17.6 Å². The van der Waals surface area contributed by atoms with Crippen molar-refractivity contribution in [1.82, 2.24) is 14.5 Å². The number of aliphatic carboxylic acids is 1. The van der Waals surface area contributed by atoms with Crippen LogP contribution < -0.4 is 0 Å². The normalized spacial score (nSPS) is 21.4. The number of thioether (sulfide) groups is 1. The maximum Gasteiger partial charge on any atom is 0.313 e. The molecule has 0 amide bonds. The third-order valence-electron chi connectivity index (χ3n) is 2.72. The molecular weight excluding hydrogens is 226 g/mol. The lowest BCUT2D eigenvalue weighted by Gasteiger charge is -2.14. The molecular formula is C10H15N3O2S. The highest BCUT2D eigenvalue weighted by Crippen LogP contribution is 2.26. The van der Waals surface area contributed by atoms with Crippen LogP contribution in [-0.4, -0.2) is 51.4 Å². The molecule has 1 fully saturated rings. The summed E-state index contributed by atoms with van der Waals surface area (Å²) >= 11 is 1.28. The Morgan fingerprint density at radius 1 is 1.75 bits per heavy atom. The van der Waals surface area contributed by atoms with Crippen molar-refractivity contribution in [3.63, 3.8) is 0 Å². The van der Waals surface area contributed by atoms with Gasteiger partial charge in [-0.15, -0.1) is 0 Å². The molecule has 1 aliphatic rings. The highest BCUT2D eigenvalue weighted by Gasteiger charge is 2.22. The van der Waals surface area contributed by atoms with Gasteiger partial charge >= 0.3 is 5.97 Å². The lowest BCUT2D eigenvalue weighted by molar-refractivity contribution is -0.133. The predicted molar refractivity (Wildman–Crippen MR) is 61.7 cm³/mol. The van der Waals surface area contributed by atoms with Crippen LogP contribution in [-0.2, 0) is 4.79 Å². The molecule has 0 saturated carbocycles. The van der Waals surface area contributed by atoms with Gasteiger partial charge in [0.05, 0.1) is 5.75 Å². The second kappa shape index (κ2) is 4.88. The van der Waals surface area contributed by atoms with Crippen LogP contribution >= 0.6 is 11.8 Å². The first-order valence-corrected chi connectivity index (χ1v) is 6.21. The molecule has 16 heavy (non-hydrogen) atoms. The van der Waals surface area contributed by atoms with Gasteiger partial charge in [-0.05, 0) is 20.0 Å². The molecule has 1 aromatic heterocycles. The minimum absolute atomic E-state index is 0.0690. The number of likely N-dealkylation sites (N-methyl/N-ethyl adjacent to an activating group) is 1. The molecule has 2 rings (SSSR count). The number of imidazole rings is 1. The zero-order chi connectivity index (χ0) is 11.5. The number of aromatic nitrogens is 2. The average Bonchev–Trinajstić information content (AvgIpc) is 2.82. The first kappa shape index (κ1) is 11.5. The zero-order valence-electron chi connectivity index (χ0n) is 9.17. The number of carboxylic acid groups (broad SMARTS) is 1. The first-order valence-electron chi connectivity index (χ1n) is 5.23. The number of carboxylic acids is 1. The van der Waals surface area contributed by atoms with E-state index in [0.29, 0.717) is 6.04 Å². The largest absolute Gasteiger partial charge is 0.481 e. The summed E-state index contributed by atoms with van der Waals surface area (Å²) in [7, 11) is 2.10. The van der Waals surface area contributed by atoms with E-state index in [1.807, 2.05) is 6.20 Å². The van der Waals surface area contributed by atoms with Gasteiger partial charge in [0.25, 0.3) is 0 Å². The number of hydrogen-bond donors (Lipinski definition) is 1. The Bertz CT molecular complexity index is 380. The quantitative estimate of drug-likeness (QED) is 0.795. The van der Waals surface area contributed by atoms with E-state index in [-0.39, 0.29) is 5.75 Å². The van der Waals surface area contributed by atoms with Crippen molar-refractivity contribution in [3.05, 3.63) is 12.4 Å².